The molecule has 128 valence electrons. The van der Waals surface area contributed by atoms with Gasteiger partial charge in [-0.1, -0.05) is 44.2 Å². The van der Waals surface area contributed by atoms with Gasteiger partial charge in [0.25, 0.3) is 0 Å². The largest absolute Gasteiger partial charge is 0.461 e. The lowest BCUT2D eigenvalue weighted by molar-refractivity contribution is -0.153. The van der Waals surface area contributed by atoms with Crippen LogP contribution in [0.5, 0.6) is 0 Å². The molecule has 0 saturated carbocycles. The molecule has 1 aromatic carbocycles. The van der Waals surface area contributed by atoms with E-state index in [-0.39, 0.29) is 24.6 Å². The fourth-order valence-corrected chi connectivity index (χ4v) is 3.33. The van der Waals surface area contributed by atoms with E-state index < -0.39 is 6.04 Å². The van der Waals surface area contributed by atoms with Crippen molar-refractivity contribution in [3.8, 4) is 0 Å². The first-order valence-corrected chi connectivity index (χ1v) is 8.55. The fourth-order valence-electron chi connectivity index (χ4n) is 3.33. The van der Waals surface area contributed by atoms with Crippen LogP contribution >= 0.6 is 0 Å². The molecule has 2 N–H and O–H groups in total. The van der Waals surface area contributed by atoms with Crippen LogP contribution in [0, 0.1) is 17.8 Å². The average molecular weight is 319 g/mol. The highest BCUT2D eigenvalue weighted by Crippen LogP contribution is 2.30. The second-order valence-corrected chi connectivity index (χ2v) is 7.03. The quantitative estimate of drug-likeness (QED) is 0.867. The van der Waals surface area contributed by atoms with Crippen LogP contribution in [0.4, 0.5) is 0 Å². The first-order valence-electron chi connectivity index (χ1n) is 8.55. The number of carbonyl (C=O) groups excluding carboxylic acids is 1. The lowest BCUT2D eigenvalue weighted by Crippen LogP contribution is -2.38. The second kappa shape index (κ2) is 8.46. The molecule has 1 saturated heterocycles. The Morgan fingerprint density at radius 1 is 1.22 bits per heavy atom. The van der Waals surface area contributed by atoms with Gasteiger partial charge in [0.1, 0.15) is 12.1 Å². The number of carbonyl (C=O) groups is 1. The normalized spacial score (nSPS) is 29.5. The summed E-state index contributed by atoms with van der Waals surface area (Å²) in [6, 6.07) is 9.73. The van der Waals surface area contributed by atoms with Crippen LogP contribution in [0.3, 0.4) is 0 Å². The SMILES string of the molecule is CC(C)C[C@@H]1[C@@H](Cc2ccccc2)COC[C@H](N)C(=O)O[C@H]1C. The molecule has 4 heteroatoms. The number of esters is 1. The van der Waals surface area contributed by atoms with E-state index >= 15 is 0 Å². The van der Waals surface area contributed by atoms with Crippen LogP contribution in [-0.4, -0.2) is 31.3 Å². The molecule has 0 amide bonds. The van der Waals surface area contributed by atoms with Gasteiger partial charge in [0.15, 0.2) is 0 Å². The van der Waals surface area contributed by atoms with E-state index in [1.807, 2.05) is 13.0 Å². The Labute approximate surface area is 139 Å². The summed E-state index contributed by atoms with van der Waals surface area (Å²) in [6.07, 6.45) is 1.78. The van der Waals surface area contributed by atoms with Crippen molar-refractivity contribution in [1.29, 1.82) is 0 Å². The molecule has 0 unspecified atom stereocenters. The maximum atomic E-state index is 12.0. The van der Waals surface area contributed by atoms with Crippen molar-refractivity contribution >= 4 is 5.97 Å². The number of ether oxygens (including phenoxy) is 2. The van der Waals surface area contributed by atoms with Crippen LogP contribution in [0.1, 0.15) is 32.8 Å². The Morgan fingerprint density at radius 2 is 1.91 bits per heavy atom. The topological polar surface area (TPSA) is 61.5 Å². The van der Waals surface area contributed by atoms with Crippen molar-refractivity contribution in [3.63, 3.8) is 0 Å². The number of hydrogen-bond donors (Lipinski definition) is 1. The molecule has 0 aliphatic carbocycles. The van der Waals surface area contributed by atoms with Gasteiger partial charge < -0.3 is 15.2 Å². The van der Waals surface area contributed by atoms with Gasteiger partial charge in [-0.25, -0.2) is 0 Å². The predicted octanol–water partition coefficient (Wildman–Crippen LogP) is 2.80. The molecule has 1 heterocycles. The van der Waals surface area contributed by atoms with Gasteiger partial charge in [-0.3, -0.25) is 4.79 Å². The van der Waals surface area contributed by atoms with Crippen LogP contribution in [0.15, 0.2) is 30.3 Å². The minimum Gasteiger partial charge on any atom is -0.461 e. The van der Waals surface area contributed by atoms with E-state index in [1.54, 1.807) is 0 Å². The zero-order valence-electron chi connectivity index (χ0n) is 14.4. The Kier molecular flexibility index (Phi) is 6.60. The first kappa shape index (κ1) is 18.0. The molecule has 23 heavy (non-hydrogen) atoms. The average Bonchev–Trinajstić information content (AvgIpc) is 2.55. The molecule has 0 spiro atoms. The number of benzene rings is 1. The Hall–Kier alpha value is -1.39. The lowest BCUT2D eigenvalue weighted by Gasteiger charge is -2.32. The van der Waals surface area contributed by atoms with Crippen molar-refractivity contribution < 1.29 is 14.3 Å². The summed E-state index contributed by atoms with van der Waals surface area (Å²) in [5.41, 5.74) is 7.11. The second-order valence-electron chi connectivity index (χ2n) is 7.03. The molecule has 4 nitrogen and oxygen atoms in total. The van der Waals surface area contributed by atoms with E-state index in [1.165, 1.54) is 5.56 Å². The molecule has 0 bridgehead atoms. The van der Waals surface area contributed by atoms with Gasteiger partial charge in [-0.05, 0) is 37.2 Å². The minimum atomic E-state index is -0.687. The van der Waals surface area contributed by atoms with Gasteiger partial charge in [0.2, 0.25) is 0 Å². The summed E-state index contributed by atoms with van der Waals surface area (Å²) in [6.45, 7) is 7.23. The van der Waals surface area contributed by atoms with Crippen molar-refractivity contribution in [2.24, 2.45) is 23.5 Å². The van der Waals surface area contributed by atoms with Crippen molar-refractivity contribution in [1.82, 2.24) is 0 Å². The number of hydrogen-bond acceptors (Lipinski definition) is 4. The number of rotatable bonds is 4. The minimum absolute atomic E-state index is 0.147. The molecule has 1 aliphatic heterocycles. The number of cyclic esters (lactones) is 1. The summed E-state index contributed by atoms with van der Waals surface area (Å²) in [5.74, 6) is 0.762. The van der Waals surface area contributed by atoms with E-state index in [2.05, 4.69) is 38.1 Å². The third-order valence-corrected chi connectivity index (χ3v) is 4.53. The zero-order chi connectivity index (χ0) is 16.8. The molecule has 0 radical (unpaired) electrons. The van der Waals surface area contributed by atoms with Gasteiger partial charge >= 0.3 is 5.97 Å². The van der Waals surface area contributed by atoms with E-state index in [4.69, 9.17) is 15.2 Å². The molecule has 0 aromatic heterocycles. The highest BCUT2D eigenvalue weighted by molar-refractivity contribution is 5.75. The van der Waals surface area contributed by atoms with Crippen LogP contribution in [0.2, 0.25) is 0 Å². The van der Waals surface area contributed by atoms with Gasteiger partial charge in [-0.15, -0.1) is 0 Å². The summed E-state index contributed by atoms with van der Waals surface area (Å²) < 4.78 is 11.4. The third-order valence-electron chi connectivity index (χ3n) is 4.53. The summed E-state index contributed by atoms with van der Waals surface area (Å²) in [4.78, 5) is 12.0. The van der Waals surface area contributed by atoms with Gasteiger partial charge in [-0.2, -0.15) is 0 Å². The standard InChI is InChI=1S/C19H29NO3/c1-13(2)9-17-14(3)23-19(21)18(20)12-22-11-16(17)10-15-7-5-4-6-8-15/h4-8,13-14,16-18H,9-12,20H2,1-3H3/t14-,16-,17-,18-/m0/s1. The molecule has 2 rings (SSSR count). The van der Waals surface area contributed by atoms with Crippen molar-refractivity contribution in [3.05, 3.63) is 35.9 Å². The lowest BCUT2D eigenvalue weighted by atomic mass is 9.79. The Balaban J connectivity index is 2.20. The van der Waals surface area contributed by atoms with Crippen LogP contribution in [0.25, 0.3) is 0 Å². The Morgan fingerprint density at radius 3 is 2.57 bits per heavy atom. The first-order chi connectivity index (χ1) is 11.0. The molecule has 1 aliphatic rings. The summed E-state index contributed by atoms with van der Waals surface area (Å²) >= 11 is 0. The Bertz CT molecular complexity index is 489. The van der Waals surface area contributed by atoms with Gasteiger partial charge in [0, 0.05) is 5.92 Å². The number of nitrogens with two attached hydrogens (primary N) is 1. The molecule has 1 aromatic rings. The van der Waals surface area contributed by atoms with Crippen LogP contribution in [-0.2, 0) is 20.7 Å². The third kappa shape index (κ3) is 5.33. The van der Waals surface area contributed by atoms with Crippen molar-refractivity contribution in [2.75, 3.05) is 13.2 Å². The maximum absolute atomic E-state index is 12.0. The molecule has 1 fully saturated rings. The summed E-state index contributed by atoms with van der Waals surface area (Å²) in [7, 11) is 0. The molecular weight excluding hydrogens is 290 g/mol. The monoisotopic (exact) mass is 319 g/mol. The fraction of sp³-hybridized carbons (Fsp3) is 0.632. The maximum Gasteiger partial charge on any atom is 0.325 e. The van der Waals surface area contributed by atoms with Gasteiger partial charge in [0.05, 0.1) is 13.2 Å². The van der Waals surface area contributed by atoms with E-state index in [9.17, 15) is 4.79 Å². The van der Waals surface area contributed by atoms with Crippen molar-refractivity contribution in [2.45, 2.75) is 45.8 Å². The predicted molar refractivity (Wildman–Crippen MR) is 90.9 cm³/mol. The zero-order valence-corrected chi connectivity index (χ0v) is 14.4. The molecule has 4 atom stereocenters. The summed E-state index contributed by atoms with van der Waals surface area (Å²) in [5, 5.41) is 0. The molecular formula is C19H29NO3. The highest BCUT2D eigenvalue weighted by Gasteiger charge is 2.33. The van der Waals surface area contributed by atoms with E-state index in [0.29, 0.717) is 18.4 Å². The highest BCUT2D eigenvalue weighted by atomic mass is 16.5. The van der Waals surface area contributed by atoms with E-state index in [0.717, 1.165) is 12.8 Å². The van der Waals surface area contributed by atoms with Crippen LogP contribution < -0.4 is 5.73 Å². The smallest absolute Gasteiger partial charge is 0.325 e.